The van der Waals surface area contributed by atoms with Crippen molar-refractivity contribution in [3.05, 3.63) is 0 Å². The van der Waals surface area contributed by atoms with Crippen molar-refractivity contribution in [1.82, 2.24) is 5.48 Å². The van der Waals surface area contributed by atoms with E-state index in [-0.39, 0.29) is 12.5 Å². The molecule has 0 aliphatic heterocycles. The van der Waals surface area contributed by atoms with E-state index in [4.69, 9.17) is 5.86 Å². The fourth-order valence-corrected chi connectivity index (χ4v) is 0.364. The van der Waals surface area contributed by atoms with Gasteiger partial charge in [0.25, 0.3) is 5.91 Å². The lowest BCUT2D eigenvalue weighted by atomic mass is 10.7. The van der Waals surface area contributed by atoms with Crippen molar-refractivity contribution < 1.29 is 13.8 Å². The Morgan fingerprint density at radius 3 is 3.33 bits per heavy atom. The molecule has 1 amide bonds. The first kappa shape index (κ1) is 6.85. The van der Waals surface area contributed by atoms with Crippen LogP contribution in [0.2, 0.25) is 0 Å². The number of nitrogens with one attached hydrogen (secondary N) is 1. The fourth-order valence-electron chi connectivity index (χ4n) is 0.271. The number of ether oxygens (including phenoxy) is 1. The van der Waals surface area contributed by atoms with Crippen LogP contribution in [0.15, 0.2) is 0 Å². The summed E-state index contributed by atoms with van der Waals surface area (Å²) in [5.41, 5.74) is 1.98. The third-order valence-corrected chi connectivity index (χ3v) is 0.676. The molecule has 0 aliphatic rings. The van der Waals surface area contributed by atoms with Crippen LogP contribution >= 0.6 is 12.8 Å². The number of hydroxylamine groups is 1. The van der Waals surface area contributed by atoms with Gasteiger partial charge >= 0.3 is 0 Å². The molecule has 5 heteroatoms. The van der Waals surface area contributed by atoms with E-state index in [1.54, 1.807) is 6.92 Å². The van der Waals surface area contributed by atoms with Crippen LogP contribution in [0.4, 0.5) is 0 Å². The highest BCUT2D eigenvalue weighted by Gasteiger charge is 1.96. The van der Waals surface area contributed by atoms with Gasteiger partial charge in [0.15, 0.2) is 0 Å². The molecule has 0 heterocycles. The smallest absolute Gasteiger partial charge is 0.270 e. The first-order valence-corrected chi connectivity index (χ1v) is 2.80. The molecule has 0 bridgehead atoms. The fraction of sp³-hybridized carbons (Fsp3) is 0.750. The number of carbonyl (C=O) groups is 1. The van der Waals surface area contributed by atoms with Crippen LogP contribution in [0.3, 0.4) is 0 Å². The van der Waals surface area contributed by atoms with E-state index in [2.05, 4.69) is 4.28 Å². The van der Waals surface area contributed by atoms with Gasteiger partial charge in [-0.1, -0.05) is 0 Å². The Kier molecular flexibility index (Phi) is 4.47. The summed E-state index contributed by atoms with van der Waals surface area (Å²) in [7, 11) is 0. The van der Waals surface area contributed by atoms with Crippen molar-refractivity contribution in [1.29, 1.82) is 1.12 Å². The summed E-state index contributed by atoms with van der Waals surface area (Å²) in [6.07, 6.45) is 0. The zero-order valence-corrected chi connectivity index (χ0v) is 5.86. The first-order valence-electron chi connectivity index (χ1n) is 2.87. The Balaban J connectivity index is 3.09. The number of carbonyl (C=O) groups excluding carboxylic acids is 1. The number of hydrogen-bond acceptors (Lipinski definition) is 4. The zero-order valence-electron chi connectivity index (χ0n) is 6.05. The summed E-state index contributed by atoms with van der Waals surface area (Å²) in [5.74, 6) is -0.387. The minimum Gasteiger partial charge on any atom is -0.372 e. The highest BCUT2D eigenvalue weighted by atomic mass is 32.1. The summed E-state index contributed by atoms with van der Waals surface area (Å²) >= 11 is 0.326. The number of thiol groups is 1. The standard InChI is InChI=1S/C4H9NO3S/c1-2-7-3-4(6)5-8-9/h9H,2-3H2,1H3,(H,5,6)/i/hT. The minimum atomic E-state index is -0.387. The van der Waals surface area contributed by atoms with Crippen molar-refractivity contribution in [2.75, 3.05) is 13.2 Å². The second-order valence-electron chi connectivity index (χ2n) is 1.25. The van der Waals surface area contributed by atoms with E-state index >= 15 is 0 Å². The van der Waals surface area contributed by atoms with E-state index in [1.807, 2.05) is 5.48 Å². The molecular formula is C4H9NO3S. The van der Waals surface area contributed by atoms with Crippen LogP contribution in [0.1, 0.15) is 6.92 Å². The van der Waals surface area contributed by atoms with Crippen molar-refractivity contribution in [2.45, 2.75) is 6.92 Å². The van der Waals surface area contributed by atoms with Crippen LogP contribution in [0.25, 0.3) is 0 Å². The zero-order chi connectivity index (χ0) is 7.82. The molecule has 0 fully saturated rings. The monoisotopic (exact) mass is 153 g/mol. The minimum absolute atomic E-state index is 0.0307. The van der Waals surface area contributed by atoms with Crippen molar-refractivity contribution >= 4 is 18.7 Å². The van der Waals surface area contributed by atoms with Gasteiger partial charge in [-0.05, 0) is 6.92 Å². The van der Waals surface area contributed by atoms with Gasteiger partial charge in [0.05, 0.1) is 0 Å². The maximum Gasteiger partial charge on any atom is 0.270 e. The molecular weight excluding hydrogens is 142 g/mol. The van der Waals surface area contributed by atoms with Gasteiger partial charge in [0.2, 0.25) is 0 Å². The van der Waals surface area contributed by atoms with Crippen LogP contribution in [0.5, 0.6) is 0 Å². The van der Waals surface area contributed by atoms with Crippen LogP contribution < -0.4 is 5.48 Å². The SMILES string of the molecule is [3H]SONC(=O)COCC. The second kappa shape index (κ2) is 5.87. The van der Waals surface area contributed by atoms with Gasteiger partial charge in [0.1, 0.15) is 7.73 Å². The largest absolute Gasteiger partial charge is 0.372 e. The molecule has 0 saturated carbocycles. The molecule has 0 unspecified atom stereocenters. The molecule has 0 rings (SSSR count). The number of amides is 1. The van der Waals surface area contributed by atoms with Crippen molar-refractivity contribution in [3.8, 4) is 0 Å². The molecule has 1 N–H and O–H groups in total. The second-order valence-corrected chi connectivity index (χ2v) is 1.41. The normalized spacial score (nSPS) is 10.6. The van der Waals surface area contributed by atoms with Crippen molar-refractivity contribution in [3.63, 3.8) is 0 Å². The predicted molar refractivity (Wildman–Crippen MR) is 34.7 cm³/mol. The van der Waals surface area contributed by atoms with Gasteiger partial charge in [0, 0.05) is 19.4 Å². The Hall–Kier alpha value is -0.260. The third kappa shape index (κ3) is 5.61. The molecule has 0 radical (unpaired) electrons. The third-order valence-electron chi connectivity index (χ3n) is 0.593. The topological polar surface area (TPSA) is 47.6 Å². The molecule has 0 spiro atoms. The molecule has 0 aromatic rings. The van der Waals surface area contributed by atoms with Gasteiger partial charge in [-0.3, -0.25) is 4.79 Å². The summed E-state index contributed by atoms with van der Waals surface area (Å²) in [4.78, 5) is 10.5. The van der Waals surface area contributed by atoms with E-state index in [1.165, 1.54) is 0 Å². The molecule has 0 aromatic carbocycles. The number of rotatable bonds is 5. The van der Waals surface area contributed by atoms with E-state index in [9.17, 15) is 4.79 Å². The first-order chi connectivity index (χ1) is 4.81. The maximum atomic E-state index is 10.5. The molecule has 0 saturated heterocycles. The van der Waals surface area contributed by atoms with Gasteiger partial charge < -0.3 is 4.74 Å². The Bertz CT molecular complexity index is 92.5. The molecule has 54 valence electrons. The molecule has 4 nitrogen and oxygen atoms in total. The van der Waals surface area contributed by atoms with Gasteiger partial charge in [-0.15, -0.1) is 0 Å². The Morgan fingerprint density at radius 2 is 2.78 bits per heavy atom. The van der Waals surface area contributed by atoms with Crippen LogP contribution in [0, 0.1) is 0 Å². The summed E-state index contributed by atoms with van der Waals surface area (Å²) < 4.78 is 15.3. The van der Waals surface area contributed by atoms with Gasteiger partial charge in [-0.25, -0.2) is 9.76 Å². The van der Waals surface area contributed by atoms with Crippen LogP contribution in [-0.4, -0.2) is 20.2 Å². The van der Waals surface area contributed by atoms with Crippen molar-refractivity contribution in [2.24, 2.45) is 0 Å². The number of hydrogen-bond donors (Lipinski definition) is 2. The molecule has 0 aliphatic carbocycles. The Labute approximate surface area is 60.2 Å². The van der Waals surface area contributed by atoms with E-state index in [0.717, 1.165) is 0 Å². The lowest BCUT2D eigenvalue weighted by Gasteiger charge is -1.98. The quantitative estimate of drug-likeness (QED) is 0.330. The average molecular weight is 153 g/mol. The predicted octanol–water partition coefficient (Wildman–Crippen LogP) is -0.0845. The molecule has 9 heavy (non-hydrogen) atoms. The lowest BCUT2D eigenvalue weighted by Crippen LogP contribution is -2.24. The summed E-state index contributed by atoms with van der Waals surface area (Å²) in [6, 6.07) is 0. The maximum absolute atomic E-state index is 10.5. The highest BCUT2D eigenvalue weighted by molar-refractivity contribution is 7.75. The molecule has 0 aromatic heterocycles. The van der Waals surface area contributed by atoms with Crippen LogP contribution in [-0.2, 0) is 13.8 Å². The Morgan fingerprint density at radius 1 is 2.00 bits per heavy atom. The summed E-state index contributed by atoms with van der Waals surface area (Å²) in [6.45, 7) is 2.24. The van der Waals surface area contributed by atoms with E-state index in [0.29, 0.717) is 19.4 Å². The highest BCUT2D eigenvalue weighted by Crippen LogP contribution is 1.75. The average Bonchev–Trinajstić information content (AvgIpc) is 1.97. The van der Waals surface area contributed by atoms with Gasteiger partial charge in [-0.2, -0.15) is 0 Å². The molecule has 0 atom stereocenters. The van der Waals surface area contributed by atoms with E-state index < -0.39 is 0 Å². The lowest BCUT2D eigenvalue weighted by molar-refractivity contribution is -0.131. The summed E-state index contributed by atoms with van der Waals surface area (Å²) in [5, 5.41) is 0.